The van der Waals surface area contributed by atoms with E-state index in [0.717, 1.165) is 37.9 Å². The number of aromatic hydroxyl groups is 2. The van der Waals surface area contributed by atoms with Crippen LogP contribution in [0.1, 0.15) is 37.0 Å². The smallest absolute Gasteiger partial charge is 0.355 e. The second-order valence-corrected chi connectivity index (χ2v) is 15.1. The Morgan fingerprint density at radius 3 is 2.57 bits per heavy atom. The number of aliphatic imine (C=N–C) groups is 1. The van der Waals surface area contributed by atoms with Crippen LogP contribution in [0.3, 0.4) is 0 Å². The number of fused-ring (bicyclic) bond motifs is 1. The molecule has 4 heterocycles. The minimum atomic E-state index is -1.79. The lowest BCUT2D eigenvalue weighted by molar-refractivity contribution is -0.911. The number of carbonyl (C=O) groups excluding carboxylic acids is 4. The number of phenolic OH excluding ortho intramolecular Hbond substituents is 2. The van der Waals surface area contributed by atoms with Crippen molar-refractivity contribution in [1.82, 2.24) is 20.3 Å². The molecular weight excluding hydrogens is 732 g/mol. The summed E-state index contributed by atoms with van der Waals surface area (Å²) in [5.41, 5.74) is 3.61. The van der Waals surface area contributed by atoms with Gasteiger partial charge in [-0.3, -0.25) is 25.0 Å². The fraction of sp³-hybridized carbons (Fsp3) is 0.500. The number of phenols is 2. The van der Waals surface area contributed by atoms with E-state index in [4.69, 9.17) is 26.9 Å². The molecule has 0 aromatic heterocycles. The van der Waals surface area contributed by atoms with Gasteiger partial charge in [0.05, 0.1) is 43.9 Å². The highest BCUT2D eigenvalue weighted by molar-refractivity contribution is 8.00. The number of amides is 3. The minimum absolute atomic E-state index is 0.00765. The molecule has 3 unspecified atom stereocenters. The van der Waals surface area contributed by atoms with E-state index in [1.807, 2.05) is 0 Å². The highest BCUT2D eigenvalue weighted by Crippen LogP contribution is 2.42. The maximum atomic E-state index is 13.6. The predicted octanol–water partition coefficient (Wildman–Crippen LogP) is 0.0466. The largest absolute Gasteiger partial charge is 0.504 e. The number of ether oxygens (including phenoxy) is 1. The summed E-state index contributed by atoms with van der Waals surface area (Å²) < 4.78 is 8.37. The Kier molecular flexibility index (Phi) is 11.3. The van der Waals surface area contributed by atoms with Gasteiger partial charge in [-0.1, -0.05) is 16.8 Å². The van der Waals surface area contributed by atoms with E-state index in [1.165, 1.54) is 49.8 Å². The number of esters is 1. The summed E-state index contributed by atoms with van der Waals surface area (Å²) in [6.07, 6.45) is 1.83. The molecule has 1 aromatic rings. The second kappa shape index (κ2) is 15.2. The average molecular weight is 770 g/mol. The van der Waals surface area contributed by atoms with Gasteiger partial charge in [0, 0.05) is 24.2 Å². The van der Waals surface area contributed by atoms with Crippen molar-refractivity contribution in [3.63, 3.8) is 0 Å². The van der Waals surface area contributed by atoms with Gasteiger partial charge in [0.2, 0.25) is 11.3 Å². The van der Waals surface area contributed by atoms with E-state index in [0.29, 0.717) is 28.9 Å². The van der Waals surface area contributed by atoms with Crippen LogP contribution in [0, 0.1) is 0 Å². The van der Waals surface area contributed by atoms with Crippen LogP contribution in [-0.2, 0) is 28.8 Å². The van der Waals surface area contributed by atoms with E-state index in [2.05, 4.69) is 25.5 Å². The molecule has 18 nitrogen and oxygen atoms in total. The first-order chi connectivity index (χ1) is 24.1. The van der Waals surface area contributed by atoms with E-state index in [9.17, 15) is 39.3 Å². The number of methoxy groups -OCH3 is 1. The Bertz CT molecular complexity index is 1730. The summed E-state index contributed by atoms with van der Waals surface area (Å²) >= 11 is 8.40. The van der Waals surface area contributed by atoms with Crippen LogP contribution >= 0.6 is 35.3 Å². The van der Waals surface area contributed by atoms with Crippen molar-refractivity contribution in [3.05, 3.63) is 34.0 Å². The number of carboxylic acids is 1. The number of oxime groups is 1. The number of quaternary nitrogens is 1. The van der Waals surface area contributed by atoms with Crippen LogP contribution in [0.15, 0.2) is 33.6 Å². The van der Waals surface area contributed by atoms with Crippen LogP contribution in [0.2, 0.25) is 5.02 Å². The van der Waals surface area contributed by atoms with Crippen LogP contribution in [0.5, 0.6) is 11.5 Å². The van der Waals surface area contributed by atoms with E-state index in [-0.39, 0.29) is 28.7 Å². The Balaban J connectivity index is 1.31. The van der Waals surface area contributed by atoms with Gasteiger partial charge >= 0.3 is 11.9 Å². The molecule has 4 aliphatic rings. The number of rotatable bonds is 13. The maximum absolute atomic E-state index is 13.6. The fourth-order valence-electron chi connectivity index (χ4n) is 6.00. The predicted molar refractivity (Wildman–Crippen MR) is 187 cm³/mol. The zero-order chi connectivity index (χ0) is 37.2. The van der Waals surface area contributed by atoms with Gasteiger partial charge in [-0.25, -0.2) is 14.6 Å². The molecule has 8 N–H and O–H groups in total. The number of amidine groups is 1. The molecule has 0 bridgehead atoms. The zero-order valence-electron chi connectivity index (χ0n) is 27.8. The highest BCUT2D eigenvalue weighted by Gasteiger charge is 2.55. The van der Waals surface area contributed by atoms with Gasteiger partial charge in [-0.15, -0.1) is 11.8 Å². The quantitative estimate of drug-likeness (QED) is 0.0266. The van der Waals surface area contributed by atoms with Crippen LogP contribution < -0.4 is 21.1 Å². The fourth-order valence-corrected chi connectivity index (χ4v) is 8.12. The normalized spacial score (nSPS) is 22.7. The number of hydrogen-bond acceptors (Lipinski definition) is 15. The first-order valence-electron chi connectivity index (χ1n) is 15.7. The lowest BCUT2D eigenvalue weighted by Crippen LogP contribution is -2.71. The first kappa shape index (κ1) is 38.0. The Hall–Kier alpha value is -4.24. The Morgan fingerprint density at radius 1 is 1.24 bits per heavy atom. The third-order valence-electron chi connectivity index (χ3n) is 8.82. The molecule has 0 spiro atoms. The van der Waals surface area contributed by atoms with Gasteiger partial charge in [0.25, 0.3) is 17.7 Å². The number of likely N-dealkylation sites (tertiary alicyclic amines) is 1. The van der Waals surface area contributed by atoms with E-state index >= 15 is 0 Å². The minimum Gasteiger partial charge on any atom is -0.504 e. The van der Waals surface area contributed by atoms with Gasteiger partial charge in [0.1, 0.15) is 23.7 Å². The van der Waals surface area contributed by atoms with E-state index in [1.54, 1.807) is 0 Å². The summed E-state index contributed by atoms with van der Waals surface area (Å²) in [6, 6.07) is 1.42. The molecule has 3 atom stereocenters. The second-order valence-electron chi connectivity index (χ2n) is 12.7. The molecule has 51 heavy (non-hydrogen) atoms. The molecule has 2 fully saturated rings. The topological polar surface area (TPSA) is 255 Å². The molecular formula is C30H38ClN8O10S2+. The number of benzene rings is 1. The molecule has 0 saturated carbocycles. The van der Waals surface area contributed by atoms with Crippen molar-refractivity contribution in [1.29, 1.82) is 0 Å². The third kappa shape index (κ3) is 7.83. The number of nitrogens with one attached hydrogen (secondary N) is 3. The highest BCUT2D eigenvalue weighted by atomic mass is 35.5. The molecule has 3 amide bonds. The van der Waals surface area contributed by atoms with Crippen molar-refractivity contribution < 1.29 is 53.3 Å². The van der Waals surface area contributed by atoms with Gasteiger partial charge < -0.3 is 44.7 Å². The van der Waals surface area contributed by atoms with Gasteiger partial charge in [-0.2, -0.15) is 0 Å². The van der Waals surface area contributed by atoms with Crippen LogP contribution in [0.25, 0.3) is 0 Å². The van der Waals surface area contributed by atoms with Crippen molar-refractivity contribution >= 4 is 76.5 Å². The van der Waals surface area contributed by atoms with Gasteiger partial charge in [0.15, 0.2) is 22.8 Å². The number of carboxylic acid groups (broad SMARTS) is 1. The number of aliphatic carboxylic acids is 1. The van der Waals surface area contributed by atoms with Crippen molar-refractivity contribution in [2.45, 2.75) is 49.2 Å². The summed E-state index contributed by atoms with van der Waals surface area (Å²) in [5.74, 6) is -4.76. The lowest BCUT2D eigenvalue weighted by atomic mass is 10.0. The molecule has 276 valence electrons. The molecule has 0 aliphatic carbocycles. The van der Waals surface area contributed by atoms with Crippen LogP contribution in [-0.4, -0.2) is 134 Å². The Morgan fingerprint density at radius 2 is 1.94 bits per heavy atom. The average Bonchev–Trinajstić information content (AvgIpc) is 3.74. The third-order valence-corrected chi connectivity index (χ3v) is 11.2. The number of halogens is 1. The summed E-state index contributed by atoms with van der Waals surface area (Å²) in [4.78, 5) is 75.2. The monoisotopic (exact) mass is 769 g/mol. The molecule has 4 aliphatic heterocycles. The number of β-lactam (4-membered cyclic amide) rings is 1. The molecule has 5 rings (SSSR count). The SMILES string of the molecule is COC(=O)C1=C(C[N+]2(CCNC(=O)c3ccc(O)c(O)c3Cl)CCCC2)CSC2C(NC(=O)/C(=N\OC(C)(C)C(=O)O)C3=NC(N)SN3)C(=O)N12. The molecule has 2 saturated heterocycles. The summed E-state index contributed by atoms with van der Waals surface area (Å²) in [5, 5.41) is 37.2. The molecule has 1 aromatic carbocycles. The Labute approximate surface area is 305 Å². The lowest BCUT2D eigenvalue weighted by Gasteiger charge is -2.50. The van der Waals surface area contributed by atoms with Crippen molar-refractivity contribution in [2.24, 2.45) is 15.9 Å². The number of thioether (sulfide) groups is 1. The van der Waals surface area contributed by atoms with E-state index < -0.39 is 69.4 Å². The number of carbonyl (C=O) groups is 5. The van der Waals surface area contributed by atoms with Crippen molar-refractivity contribution in [2.75, 3.05) is 45.6 Å². The van der Waals surface area contributed by atoms with Crippen LogP contribution in [0.4, 0.5) is 0 Å². The standard InChI is InChI=1S/C30H37ClN8O10S2/c1-30(2,28(46)47)49-36-18(22-35-29(32)51-37-22)24(43)34-19-25(44)38-20(27(45)48-3)14(13-50-26(19)38)12-39(9-4-5-10-39)11-8-33-23(42)15-6-7-16(40)21(41)17(15)31/h6-7,19,26,29H,4-5,8-13,32H2,1-3H3,(H5-,33,34,35,36,37,40,41,42,43,46,47)/p+1. The van der Waals surface area contributed by atoms with Crippen molar-refractivity contribution in [3.8, 4) is 11.5 Å². The molecule has 21 heteroatoms. The maximum Gasteiger partial charge on any atom is 0.355 e. The van der Waals surface area contributed by atoms with Gasteiger partial charge in [-0.05, 0) is 37.9 Å². The zero-order valence-corrected chi connectivity index (χ0v) is 30.2. The number of nitrogens with two attached hydrogens (primary N) is 1. The molecule has 0 radical (unpaired) electrons. The number of hydrogen-bond donors (Lipinski definition) is 7. The summed E-state index contributed by atoms with van der Waals surface area (Å²) in [6.45, 7) is 5.15. The summed E-state index contributed by atoms with van der Waals surface area (Å²) in [7, 11) is 1.22. The first-order valence-corrected chi connectivity index (χ1v) is 18.0. The number of nitrogens with zero attached hydrogens (tertiary/aromatic N) is 4.